The van der Waals surface area contributed by atoms with Crippen molar-refractivity contribution in [1.82, 2.24) is 20.0 Å². The molecule has 2 aromatic heterocycles. The number of hydrogen-bond donors (Lipinski definition) is 1. The summed E-state index contributed by atoms with van der Waals surface area (Å²) < 4.78 is 40.5. The van der Waals surface area contributed by atoms with Crippen LogP contribution in [0.4, 0.5) is 13.2 Å². The standard InChI is InChI=1S/C15H13F3N4/c16-14-2-1-11(5-13(14)15(17)18)12-8-21-22(9-12)4-3-10-6-19-20-7-10/h1-2,5-9,15H,3-4H2,(H,19,20). The maximum atomic E-state index is 13.3. The van der Waals surface area contributed by atoms with Crippen molar-refractivity contribution in [2.75, 3.05) is 0 Å². The molecule has 3 rings (SSSR count). The van der Waals surface area contributed by atoms with Crippen LogP contribution in [0, 0.1) is 5.82 Å². The molecular weight excluding hydrogens is 293 g/mol. The third-order valence-corrected chi connectivity index (χ3v) is 3.38. The van der Waals surface area contributed by atoms with E-state index in [1.165, 1.54) is 6.07 Å². The predicted octanol–water partition coefficient (Wildman–Crippen LogP) is 3.59. The number of benzene rings is 1. The maximum absolute atomic E-state index is 13.3. The van der Waals surface area contributed by atoms with Gasteiger partial charge in [-0.1, -0.05) is 6.07 Å². The van der Waals surface area contributed by atoms with Crippen molar-refractivity contribution in [3.05, 3.63) is 59.9 Å². The van der Waals surface area contributed by atoms with Gasteiger partial charge in [-0.3, -0.25) is 9.78 Å². The van der Waals surface area contributed by atoms with E-state index in [1.807, 2.05) is 0 Å². The number of nitrogens with zero attached hydrogens (tertiary/aromatic N) is 3. The van der Waals surface area contributed by atoms with Gasteiger partial charge in [0.15, 0.2) is 0 Å². The molecule has 114 valence electrons. The molecule has 0 amide bonds. The molecule has 3 aromatic rings. The van der Waals surface area contributed by atoms with Gasteiger partial charge in [-0.15, -0.1) is 0 Å². The Morgan fingerprint density at radius 1 is 1.18 bits per heavy atom. The molecule has 0 radical (unpaired) electrons. The zero-order valence-electron chi connectivity index (χ0n) is 11.5. The van der Waals surface area contributed by atoms with Gasteiger partial charge >= 0.3 is 0 Å². The number of rotatable bonds is 5. The summed E-state index contributed by atoms with van der Waals surface area (Å²) in [6.07, 6.45) is 4.79. The molecule has 1 N–H and O–H groups in total. The van der Waals surface area contributed by atoms with E-state index in [9.17, 15) is 13.2 Å². The molecule has 0 bridgehead atoms. The van der Waals surface area contributed by atoms with Gasteiger partial charge in [-0.2, -0.15) is 10.2 Å². The Kier molecular flexibility index (Phi) is 3.95. The maximum Gasteiger partial charge on any atom is 0.266 e. The van der Waals surface area contributed by atoms with Crippen LogP contribution in [0.2, 0.25) is 0 Å². The fourth-order valence-corrected chi connectivity index (χ4v) is 2.18. The normalized spacial score (nSPS) is 11.3. The van der Waals surface area contributed by atoms with Crippen LogP contribution in [0.3, 0.4) is 0 Å². The van der Waals surface area contributed by atoms with E-state index < -0.39 is 17.8 Å². The molecule has 0 atom stereocenters. The second kappa shape index (κ2) is 6.05. The fraction of sp³-hybridized carbons (Fsp3) is 0.200. The SMILES string of the molecule is Fc1ccc(-c2cnn(CCc3cn[nH]c3)c2)cc1C(F)F. The first kappa shape index (κ1) is 14.4. The van der Waals surface area contributed by atoms with Crippen molar-refractivity contribution in [2.24, 2.45) is 0 Å². The Labute approximate surface area is 124 Å². The number of aromatic amines is 1. The van der Waals surface area contributed by atoms with E-state index in [4.69, 9.17) is 0 Å². The number of H-pyrrole nitrogens is 1. The second-order valence-corrected chi connectivity index (χ2v) is 4.89. The number of aromatic nitrogens is 4. The van der Waals surface area contributed by atoms with Crippen molar-refractivity contribution in [3.8, 4) is 11.1 Å². The van der Waals surface area contributed by atoms with Crippen molar-refractivity contribution in [1.29, 1.82) is 0 Å². The molecule has 7 heteroatoms. The Morgan fingerprint density at radius 3 is 2.77 bits per heavy atom. The van der Waals surface area contributed by atoms with Crippen molar-refractivity contribution < 1.29 is 13.2 Å². The summed E-state index contributed by atoms with van der Waals surface area (Å²) in [5, 5.41) is 10.8. The first-order chi connectivity index (χ1) is 10.6. The molecule has 0 unspecified atom stereocenters. The predicted molar refractivity (Wildman–Crippen MR) is 74.9 cm³/mol. The molecule has 1 aromatic carbocycles. The Morgan fingerprint density at radius 2 is 2.05 bits per heavy atom. The van der Waals surface area contributed by atoms with E-state index >= 15 is 0 Å². The highest BCUT2D eigenvalue weighted by molar-refractivity contribution is 5.62. The van der Waals surface area contributed by atoms with Gasteiger partial charge in [-0.05, 0) is 29.7 Å². The van der Waals surface area contributed by atoms with Crippen LogP contribution < -0.4 is 0 Å². The molecule has 22 heavy (non-hydrogen) atoms. The zero-order valence-corrected chi connectivity index (χ0v) is 11.5. The third kappa shape index (κ3) is 3.03. The summed E-state index contributed by atoms with van der Waals surface area (Å²) in [5.41, 5.74) is 1.66. The molecule has 0 aliphatic rings. The van der Waals surface area contributed by atoms with E-state index in [-0.39, 0.29) is 0 Å². The minimum Gasteiger partial charge on any atom is -0.285 e. The quantitative estimate of drug-likeness (QED) is 0.783. The van der Waals surface area contributed by atoms with Gasteiger partial charge in [0.1, 0.15) is 5.82 Å². The molecule has 0 saturated heterocycles. The molecular formula is C15H13F3N4. The molecule has 4 nitrogen and oxygen atoms in total. The second-order valence-electron chi connectivity index (χ2n) is 4.89. The van der Waals surface area contributed by atoms with Gasteiger partial charge in [0.25, 0.3) is 6.43 Å². The Hall–Kier alpha value is -2.57. The number of halogens is 3. The minimum absolute atomic E-state index is 0.520. The molecule has 0 aliphatic heterocycles. The molecule has 0 aliphatic carbocycles. The van der Waals surface area contributed by atoms with Crippen molar-refractivity contribution in [2.45, 2.75) is 19.4 Å². The van der Waals surface area contributed by atoms with Crippen LogP contribution in [0.1, 0.15) is 17.6 Å². The first-order valence-corrected chi connectivity index (χ1v) is 6.71. The van der Waals surface area contributed by atoms with E-state index in [0.717, 1.165) is 24.1 Å². The van der Waals surface area contributed by atoms with Crippen LogP contribution in [0.25, 0.3) is 11.1 Å². The molecule has 0 spiro atoms. The van der Waals surface area contributed by atoms with Crippen LogP contribution in [0.15, 0.2) is 43.0 Å². The lowest BCUT2D eigenvalue weighted by Crippen LogP contribution is -2.00. The van der Waals surface area contributed by atoms with Gasteiger partial charge < -0.3 is 0 Å². The average molecular weight is 306 g/mol. The van der Waals surface area contributed by atoms with Gasteiger partial charge in [0.2, 0.25) is 0 Å². The summed E-state index contributed by atoms with van der Waals surface area (Å²) >= 11 is 0. The lowest BCUT2D eigenvalue weighted by atomic mass is 10.1. The summed E-state index contributed by atoms with van der Waals surface area (Å²) in [6, 6.07) is 3.69. The van der Waals surface area contributed by atoms with Gasteiger partial charge in [0.05, 0.1) is 18.0 Å². The number of aryl methyl sites for hydroxylation is 2. The summed E-state index contributed by atoms with van der Waals surface area (Å²) in [6.45, 7) is 0.641. The number of hydrogen-bond acceptors (Lipinski definition) is 2. The zero-order chi connectivity index (χ0) is 15.5. The van der Waals surface area contributed by atoms with Crippen LogP contribution in [-0.2, 0) is 13.0 Å². The van der Waals surface area contributed by atoms with Crippen LogP contribution >= 0.6 is 0 Å². The number of alkyl halides is 2. The van der Waals surface area contributed by atoms with Crippen LogP contribution in [-0.4, -0.2) is 20.0 Å². The third-order valence-electron chi connectivity index (χ3n) is 3.38. The average Bonchev–Trinajstić information content (AvgIpc) is 3.17. The highest BCUT2D eigenvalue weighted by Gasteiger charge is 2.14. The van der Waals surface area contributed by atoms with Crippen molar-refractivity contribution in [3.63, 3.8) is 0 Å². The molecule has 2 heterocycles. The van der Waals surface area contributed by atoms with Crippen molar-refractivity contribution >= 4 is 0 Å². The van der Waals surface area contributed by atoms with E-state index in [2.05, 4.69) is 15.3 Å². The lowest BCUT2D eigenvalue weighted by Gasteiger charge is -2.04. The highest BCUT2D eigenvalue weighted by atomic mass is 19.3. The lowest BCUT2D eigenvalue weighted by molar-refractivity contribution is 0.146. The van der Waals surface area contributed by atoms with Crippen LogP contribution in [0.5, 0.6) is 0 Å². The Balaban J connectivity index is 1.77. The van der Waals surface area contributed by atoms with Gasteiger partial charge in [0, 0.05) is 24.5 Å². The van der Waals surface area contributed by atoms with E-state index in [1.54, 1.807) is 29.5 Å². The topological polar surface area (TPSA) is 46.5 Å². The molecule has 0 saturated carbocycles. The number of nitrogens with one attached hydrogen (secondary N) is 1. The minimum atomic E-state index is -2.84. The first-order valence-electron chi connectivity index (χ1n) is 6.71. The fourth-order valence-electron chi connectivity index (χ4n) is 2.18. The summed E-state index contributed by atoms with van der Waals surface area (Å²) in [4.78, 5) is 0. The van der Waals surface area contributed by atoms with E-state index in [0.29, 0.717) is 17.7 Å². The largest absolute Gasteiger partial charge is 0.285 e. The summed E-state index contributed by atoms with van der Waals surface area (Å²) in [5.74, 6) is -0.897. The Bertz CT molecular complexity index is 750. The smallest absolute Gasteiger partial charge is 0.266 e. The highest BCUT2D eigenvalue weighted by Crippen LogP contribution is 2.27. The molecule has 0 fully saturated rings. The summed E-state index contributed by atoms with van der Waals surface area (Å²) in [7, 11) is 0. The monoisotopic (exact) mass is 306 g/mol. The van der Waals surface area contributed by atoms with Gasteiger partial charge in [-0.25, -0.2) is 13.2 Å².